The van der Waals surface area contributed by atoms with Crippen LogP contribution in [0.1, 0.15) is 5.56 Å². The molecule has 20 heavy (non-hydrogen) atoms. The van der Waals surface area contributed by atoms with Crippen molar-refractivity contribution in [3.63, 3.8) is 0 Å². The van der Waals surface area contributed by atoms with Gasteiger partial charge in [-0.2, -0.15) is 5.10 Å². The number of aromatic amines is 1. The number of hydrogen-bond acceptors (Lipinski definition) is 3. The number of fused-ring (bicyclic) bond motifs is 1. The highest BCUT2D eigenvalue weighted by molar-refractivity contribution is 5.88. The molecule has 0 spiro atoms. The van der Waals surface area contributed by atoms with Crippen molar-refractivity contribution in [2.24, 2.45) is 5.10 Å². The average Bonchev–Trinajstić information content (AvgIpc) is 2.49. The SMILES string of the molecule is Oc1ccccc1C=NNc1cccc2ccc[nH+]c12. The Bertz CT molecular complexity index is 763. The van der Waals surface area contributed by atoms with Crippen LogP contribution >= 0.6 is 0 Å². The van der Waals surface area contributed by atoms with Gasteiger partial charge in [0.05, 0.1) is 6.21 Å². The molecule has 4 nitrogen and oxygen atoms in total. The van der Waals surface area contributed by atoms with Crippen LogP contribution in [-0.2, 0) is 0 Å². The maximum atomic E-state index is 9.65. The highest BCUT2D eigenvalue weighted by atomic mass is 16.3. The molecule has 0 aliphatic carbocycles. The van der Waals surface area contributed by atoms with Crippen molar-refractivity contribution in [1.29, 1.82) is 0 Å². The van der Waals surface area contributed by atoms with Crippen LogP contribution in [0.15, 0.2) is 65.9 Å². The molecule has 3 N–H and O–H groups in total. The third kappa shape index (κ3) is 2.44. The molecular formula is C16H14N3O+. The number of benzene rings is 2. The molecule has 0 radical (unpaired) electrons. The molecule has 98 valence electrons. The van der Waals surface area contributed by atoms with E-state index >= 15 is 0 Å². The van der Waals surface area contributed by atoms with Crippen molar-refractivity contribution in [3.05, 3.63) is 66.4 Å². The molecule has 3 aromatic rings. The molecule has 0 aliphatic heterocycles. The van der Waals surface area contributed by atoms with E-state index in [-0.39, 0.29) is 5.75 Å². The molecule has 0 atom stereocenters. The van der Waals surface area contributed by atoms with Gasteiger partial charge in [0.15, 0.2) is 6.20 Å². The van der Waals surface area contributed by atoms with Crippen molar-refractivity contribution < 1.29 is 10.1 Å². The molecule has 0 aliphatic rings. The maximum absolute atomic E-state index is 9.65. The third-order valence-electron chi connectivity index (χ3n) is 3.02. The Balaban J connectivity index is 1.86. The summed E-state index contributed by atoms with van der Waals surface area (Å²) in [4.78, 5) is 3.19. The summed E-state index contributed by atoms with van der Waals surface area (Å²) in [5.74, 6) is 0.211. The van der Waals surface area contributed by atoms with Crippen molar-refractivity contribution in [3.8, 4) is 5.75 Å². The van der Waals surface area contributed by atoms with Gasteiger partial charge in [-0.05, 0) is 30.3 Å². The molecule has 2 aromatic carbocycles. The number of aromatic hydroxyl groups is 1. The molecule has 1 aromatic heterocycles. The second-order valence-electron chi connectivity index (χ2n) is 4.37. The number of aromatic nitrogens is 1. The van der Waals surface area contributed by atoms with E-state index in [1.165, 1.54) is 0 Å². The van der Waals surface area contributed by atoms with E-state index in [0.29, 0.717) is 5.56 Å². The Morgan fingerprint density at radius 3 is 2.75 bits per heavy atom. The summed E-state index contributed by atoms with van der Waals surface area (Å²) in [6.45, 7) is 0. The first-order valence-corrected chi connectivity index (χ1v) is 6.31. The quantitative estimate of drug-likeness (QED) is 0.564. The van der Waals surface area contributed by atoms with Gasteiger partial charge in [-0.3, -0.25) is 5.43 Å². The van der Waals surface area contributed by atoms with E-state index in [4.69, 9.17) is 0 Å². The number of hydrazone groups is 1. The van der Waals surface area contributed by atoms with E-state index in [9.17, 15) is 5.11 Å². The van der Waals surface area contributed by atoms with Crippen LogP contribution in [0, 0.1) is 0 Å². The van der Waals surface area contributed by atoms with Crippen LogP contribution in [0.4, 0.5) is 5.69 Å². The molecule has 0 fully saturated rings. The van der Waals surface area contributed by atoms with E-state index < -0.39 is 0 Å². The van der Waals surface area contributed by atoms with Crippen LogP contribution in [0.2, 0.25) is 0 Å². The first-order chi connectivity index (χ1) is 9.84. The summed E-state index contributed by atoms with van der Waals surface area (Å²) >= 11 is 0. The molecule has 0 amide bonds. The van der Waals surface area contributed by atoms with Gasteiger partial charge < -0.3 is 5.11 Å². The second-order valence-corrected chi connectivity index (χ2v) is 4.37. The Morgan fingerprint density at radius 1 is 1.00 bits per heavy atom. The van der Waals surface area contributed by atoms with Crippen LogP contribution in [0.25, 0.3) is 10.9 Å². The minimum Gasteiger partial charge on any atom is -0.507 e. The van der Waals surface area contributed by atoms with Gasteiger partial charge in [-0.1, -0.05) is 18.2 Å². The lowest BCUT2D eigenvalue weighted by Gasteiger charge is -2.01. The maximum Gasteiger partial charge on any atom is 0.236 e. The fourth-order valence-electron chi connectivity index (χ4n) is 2.01. The molecule has 0 unspecified atom stereocenters. The second kappa shape index (κ2) is 5.40. The summed E-state index contributed by atoms with van der Waals surface area (Å²) in [6.07, 6.45) is 3.47. The van der Waals surface area contributed by atoms with Crippen LogP contribution in [0.5, 0.6) is 5.75 Å². The zero-order valence-corrected chi connectivity index (χ0v) is 10.7. The summed E-state index contributed by atoms with van der Waals surface area (Å²) in [5, 5.41) is 14.9. The van der Waals surface area contributed by atoms with Gasteiger partial charge >= 0.3 is 0 Å². The average molecular weight is 264 g/mol. The standard InChI is InChI=1S/C16H13N3O/c20-15-9-2-1-5-13(15)11-18-19-14-8-3-6-12-7-4-10-17-16(12)14/h1-11,19-20H/p+1. The van der Waals surface area contributed by atoms with Gasteiger partial charge in [0.2, 0.25) is 5.52 Å². The number of nitrogens with one attached hydrogen (secondary N) is 2. The van der Waals surface area contributed by atoms with Crippen LogP contribution in [0.3, 0.4) is 0 Å². The van der Waals surface area contributed by atoms with Gasteiger partial charge in [-0.25, -0.2) is 4.98 Å². The van der Waals surface area contributed by atoms with Gasteiger partial charge in [0.25, 0.3) is 0 Å². The Kier molecular flexibility index (Phi) is 3.29. The monoisotopic (exact) mass is 264 g/mol. The number of phenolic OH excluding ortho intramolecular Hbond substituents is 1. The van der Waals surface area contributed by atoms with E-state index in [0.717, 1.165) is 16.6 Å². The Labute approximate surface area is 116 Å². The van der Waals surface area contributed by atoms with Gasteiger partial charge in [0.1, 0.15) is 11.4 Å². The minimum atomic E-state index is 0.211. The highest BCUT2D eigenvalue weighted by Gasteiger charge is 2.05. The van der Waals surface area contributed by atoms with Crippen LogP contribution in [-0.4, -0.2) is 11.3 Å². The molecule has 4 heteroatoms. The van der Waals surface area contributed by atoms with Crippen molar-refractivity contribution in [1.82, 2.24) is 0 Å². The predicted molar refractivity (Wildman–Crippen MR) is 79.8 cm³/mol. The van der Waals surface area contributed by atoms with Crippen molar-refractivity contribution in [2.75, 3.05) is 5.43 Å². The fraction of sp³-hybridized carbons (Fsp3) is 0. The Morgan fingerprint density at radius 2 is 1.85 bits per heavy atom. The molecule has 0 saturated carbocycles. The van der Waals surface area contributed by atoms with Crippen LogP contribution < -0.4 is 10.4 Å². The predicted octanol–water partition coefficient (Wildman–Crippen LogP) is 2.81. The van der Waals surface area contributed by atoms with Gasteiger partial charge in [0, 0.05) is 17.0 Å². The number of hydrogen-bond donors (Lipinski definition) is 2. The lowest BCUT2D eigenvalue weighted by atomic mass is 10.2. The zero-order chi connectivity index (χ0) is 13.8. The van der Waals surface area contributed by atoms with Crippen molar-refractivity contribution >= 4 is 22.8 Å². The minimum absolute atomic E-state index is 0.211. The number of rotatable bonds is 3. The third-order valence-corrected chi connectivity index (χ3v) is 3.02. The normalized spacial score (nSPS) is 11.0. The number of para-hydroxylation sites is 2. The molecule has 0 saturated heterocycles. The molecular weight excluding hydrogens is 250 g/mol. The number of H-pyrrole nitrogens is 1. The highest BCUT2D eigenvalue weighted by Crippen LogP contribution is 2.18. The Hall–Kier alpha value is -2.88. The first-order valence-electron chi connectivity index (χ1n) is 6.31. The number of anilines is 1. The largest absolute Gasteiger partial charge is 0.507 e. The van der Waals surface area contributed by atoms with E-state index in [1.54, 1.807) is 24.4 Å². The lowest BCUT2D eigenvalue weighted by molar-refractivity contribution is -0.344. The number of pyridine rings is 1. The molecule has 1 heterocycles. The topological polar surface area (TPSA) is 58.8 Å². The van der Waals surface area contributed by atoms with Crippen molar-refractivity contribution in [2.45, 2.75) is 0 Å². The number of phenols is 1. The molecule has 3 rings (SSSR count). The zero-order valence-electron chi connectivity index (χ0n) is 10.7. The number of nitrogens with zero attached hydrogens (tertiary/aromatic N) is 1. The fourth-order valence-corrected chi connectivity index (χ4v) is 2.01. The van der Waals surface area contributed by atoms with Gasteiger partial charge in [-0.15, -0.1) is 0 Å². The molecule has 0 bridgehead atoms. The summed E-state index contributed by atoms with van der Waals surface area (Å²) in [5.41, 5.74) is 5.54. The summed E-state index contributed by atoms with van der Waals surface area (Å²) in [7, 11) is 0. The summed E-state index contributed by atoms with van der Waals surface area (Å²) in [6, 6.07) is 17.0. The summed E-state index contributed by atoms with van der Waals surface area (Å²) < 4.78 is 0. The smallest absolute Gasteiger partial charge is 0.236 e. The van der Waals surface area contributed by atoms with E-state index in [1.807, 2.05) is 42.6 Å². The lowest BCUT2D eigenvalue weighted by Crippen LogP contribution is -2.04. The van der Waals surface area contributed by atoms with E-state index in [2.05, 4.69) is 15.5 Å². The first kappa shape index (κ1) is 12.2.